The predicted molar refractivity (Wildman–Crippen MR) is 121 cm³/mol. The molecule has 0 aliphatic heterocycles. The monoisotopic (exact) mass is 477 g/mol. The number of thioether (sulfide) groups is 1. The van der Waals surface area contributed by atoms with Crippen LogP contribution in [0, 0.1) is 10.1 Å². The van der Waals surface area contributed by atoms with Crippen molar-refractivity contribution in [3.8, 4) is 0 Å². The quantitative estimate of drug-likeness (QED) is 0.274. The number of rotatable bonds is 8. The first-order valence-corrected chi connectivity index (χ1v) is 11.6. The van der Waals surface area contributed by atoms with E-state index in [1.54, 1.807) is 42.5 Å². The number of nitro benzene ring substituents is 1. The number of nitrogens with one attached hydrogen (secondary N) is 2. The molecule has 0 heterocycles. The lowest BCUT2D eigenvalue weighted by Gasteiger charge is -2.11. The molecule has 0 spiro atoms. The Morgan fingerprint density at radius 2 is 1.74 bits per heavy atom. The van der Waals surface area contributed by atoms with Crippen LogP contribution in [0.1, 0.15) is 0 Å². The summed E-state index contributed by atoms with van der Waals surface area (Å²) in [5, 5.41) is 13.6. The Morgan fingerprint density at radius 1 is 1.03 bits per heavy atom. The van der Waals surface area contributed by atoms with E-state index in [1.807, 2.05) is 0 Å². The van der Waals surface area contributed by atoms with E-state index in [2.05, 4.69) is 10.0 Å². The normalized spacial score (nSPS) is 11.0. The summed E-state index contributed by atoms with van der Waals surface area (Å²) in [5.74, 6) is -0.302. The van der Waals surface area contributed by atoms with Crippen LogP contribution in [0.15, 0.2) is 82.6 Å². The first-order chi connectivity index (χ1) is 14.7. The molecule has 0 bridgehead atoms. The summed E-state index contributed by atoms with van der Waals surface area (Å²) in [7, 11) is -3.91. The lowest BCUT2D eigenvalue weighted by Crippen LogP contribution is -2.16. The van der Waals surface area contributed by atoms with E-state index in [0.717, 1.165) is 0 Å². The van der Waals surface area contributed by atoms with Gasteiger partial charge in [0, 0.05) is 22.7 Å². The van der Waals surface area contributed by atoms with Gasteiger partial charge in [-0.2, -0.15) is 0 Å². The molecule has 0 unspecified atom stereocenters. The molecule has 0 radical (unpaired) electrons. The molecule has 0 fully saturated rings. The van der Waals surface area contributed by atoms with E-state index in [1.165, 1.54) is 42.1 Å². The van der Waals surface area contributed by atoms with Crippen molar-refractivity contribution >= 4 is 56.4 Å². The van der Waals surface area contributed by atoms with Crippen molar-refractivity contribution in [1.82, 2.24) is 0 Å². The van der Waals surface area contributed by atoms with Crippen LogP contribution in [0.4, 0.5) is 17.1 Å². The number of hydrogen-bond donors (Lipinski definition) is 2. The summed E-state index contributed by atoms with van der Waals surface area (Å²) in [5.41, 5.74) is 0.534. The van der Waals surface area contributed by atoms with Gasteiger partial charge in [0.15, 0.2) is 0 Å². The maximum Gasteiger partial charge on any atom is 0.269 e. The van der Waals surface area contributed by atoms with Gasteiger partial charge < -0.3 is 5.32 Å². The zero-order valence-electron chi connectivity index (χ0n) is 15.8. The van der Waals surface area contributed by atoms with Crippen molar-refractivity contribution in [2.45, 2.75) is 9.79 Å². The molecule has 2 N–H and O–H groups in total. The average molecular weight is 478 g/mol. The molecule has 0 aliphatic carbocycles. The topological polar surface area (TPSA) is 118 Å². The largest absolute Gasteiger partial charge is 0.325 e. The van der Waals surface area contributed by atoms with Crippen LogP contribution in [0.3, 0.4) is 0 Å². The highest BCUT2D eigenvalue weighted by Gasteiger charge is 2.16. The Morgan fingerprint density at radius 3 is 2.42 bits per heavy atom. The van der Waals surface area contributed by atoms with Crippen molar-refractivity contribution in [2.24, 2.45) is 0 Å². The number of para-hydroxylation sites is 1. The molecule has 0 atom stereocenters. The van der Waals surface area contributed by atoms with Gasteiger partial charge in [-0.15, -0.1) is 11.8 Å². The highest BCUT2D eigenvalue weighted by Crippen LogP contribution is 2.25. The Balaban J connectivity index is 1.63. The fourth-order valence-corrected chi connectivity index (χ4v) is 4.56. The highest BCUT2D eigenvalue weighted by atomic mass is 35.5. The molecule has 8 nitrogen and oxygen atoms in total. The van der Waals surface area contributed by atoms with Crippen LogP contribution in [-0.4, -0.2) is 25.0 Å². The number of halogens is 1. The molecule has 11 heteroatoms. The fraction of sp³-hybridized carbons (Fsp3) is 0.0500. The zero-order valence-corrected chi connectivity index (χ0v) is 18.2. The van der Waals surface area contributed by atoms with E-state index in [-0.39, 0.29) is 33.0 Å². The van der Waals surface area contributed by atoms with E-state index >= 15 is 0 Å². The standard InChI is InChI=1S/C20H16ClN3O5S2/c21-18-6-1-2-7-19(18)23-31(28,29)17-5-3-4-14(12-17)22-20(25)13-30-16-10-8-15(9-11-16)24(26)27/h1-12,23H,13H2,(H,22,25). The van der Waals surface area contributed by atoms with Gasteiger partial charge in [0.05, 0.1) is 26.3 Å². The number of non-ortho nitro benzene ring substituents is 1. The Labute approximate surface area is 187 Å². The maximum atomic E-state index is 12.6. The van der Waals surface area contributed by atoms with Crippen LogP contribution < -0.4 is 10.0 Å². The molecule has 160 valence electrons. The lowest BCUT2D eigenvalue weighted by molar-refractivity contribution is -0.384. The minimum Gasteiger partial charge on any atom is -0.325 e. The Hall–Kier alpha value is -3.08. The summed E-state index contributed by atoms with van der Waals surface area (Å²) >= 11 is 7.21. The van der Waals surface area contributed by atoms with Crippen LogP contribution >= 0.6 is 23.4 Å². The number of carbonyl (C=O) groups is 1. The number of amides is 1. The third kappa shape index (κ3) is 6.20. The van der Waals surface area contributed by atoms with Crippen molar-refractivity contribution in [3.05, 3.63) is 87.9 Å². The molecular formula is C20H16ClN3O5S2. The smallest absolute Gasteiger partial charge is 0.269 e. The van der Waals surface area contributed by atoms with Crippen LogP contribution in [0.25, 0.3) is 0 Å². The highest BCUT2D eigenvalue weighted by molar-refractivity contribution is 8.00. The van der Waals surface area contributed by atoms with Crippen LogP contribution in [-0.2, 0) is 14.8 Å². The van der Waals surface area contributed by atoms with Gasteiger partial charge in [0.25, 0.3) is 15.7 Å². The minimum absolute atomic E-state index is 0.0303. The summed E-state index contributed by atoms with van der Waals surface area (Å²) in [6, 6.07) is 18.1. The minimum atomic E-state index is -3.91. The second-order valence-corrected chi connectivity index (χ2v) is 9.34. The van der Waals surface area contributed by atoms with Gasteiger partial charge in [-0.1, -0.05) is 29.8 Å². The third-order valence-corrected chi connectivity index (χ3v) is 6.67. The Kier molecular flexibility index (Phi) is 7.16. The number of anilines is 2. The number of nitrogens with zero attached hydrogens (tertiary/aromatic N) is 1. The molecule has 0 aromatic heterocycles. The molecule has 0 saturated heterocycles. The molecule has 1 amide bonds. The molecule has 3 aromatic rings. The van der Waals surface area contributed by atoms with Crippen molar-refractivity contribution in [1.29, 1.82) is 0 Å². The van der Waals surface area contributed by atoms with Crippen molar-refractivity contribution in [2.75, 3.05) is 15.8 Å². The van der Waals surface area contributed by atoms with Gasteiger partial charge in [-0.05, 0) is 42.5 Å². The van der Waals surface area contributed by atoms with Gasteiger partial charge in [0.1, 0.15) is 0 Å². The molecular weight excluding hydrogens is 462 g/mol. The van der Waals surface area contributed by atoms with Gasteiger partial charge >= 0.3 is 0 Å². The molecule has 0 aliphatic rings. The van der Waals surface area contributed by atoms with Crippen molar-refractivity contribution < 1.29 is 18.1 Å². The zero-order chi connectivity index (χ0) is 22.4. The van der Waals surface area contributed by atoms with E-state index in [0.29, 0.717) is 10.6 Å². The molecule has 0 saturated carbocycles. The second-order valence-electron chi connectivity index (χ2n) is 6.20. The number of carbonyl (C=O) groups excluding carboxylic acids is 1. The van der Waals surface area contributed by atoms with E-state index in [4.69, 9.17) is 11.6 Å². The summed E-state index contributed by atoms with van der Waals surface area (Å²) in [4.78, 5) is 23.1. The first kappa shape index (κ1) is 22.6. The summed E-state index contributed by atoms with van der Waals surface area (Å²) < 4.78 is 27.7. The van der Waals surface area contributed by atoms with Gasteiger partial charge in [-0.3, -0.25) is 19.6 Å². The summed E-state index contributed by atoms with van der Waals surface area (Å²) in [6.45, 7) is 0. The first-order valence-electron chi connectivity index (χ1n) is 8.79. The second kappa shape index (κ2) is 9.82. The number of benzene rings is 3. The Bertz CT molecular complexity index is 1220. The summed E-state index contributed by atoms with van der Waals surface area (Å²) in [6.07, 6.45) is 0. The van der Waals surface area contributed by atoms with Crippen LogP contribution in [0.5, 0.6) is 0 Å². The van der Waals surface area contributed by atoms with Crippen molar-refractivity contribution in [3.63, 3.8) is 0 Å². The average Bonchev–Trinajstić information content (AvgIpc) is 2.74. The predicted octanol–water partition coefficient (Wildman–Crippen LogP) is 4.78. The lowest BCUT2D eigenvalue weighted by atomic mass is 10.3. The number of hydrogen-bond acceptors (Lipinski definition) is 6. The van der Waals surface area contributed by atoms with Crippen LogP contribution in [0.2, 0.25) is 5.02 Å². The number of nitro groups is 1. The van der Waals surface area contributed by atoms with E-state index in [9.17, 15) is 23.3 Å². The van der Waals surface area contributed by atoms with Gasteiger partial charge in [0.2, 0.25) is 5.91 Å². The fourth-order valence-electron chi connectivity index (χ4n) is 2.50. The van der Waals surface area contributed by atoms with E-state index < -0.39 is 14.9 Å². The number of sulfonamides is 1. The molecule has 3 aromatic carbocycles. The third-order valence-electron chi connectivity index (χ3n) is 3.96. The maximum absolute atomic E-state index is 12.6. The van der Waals surface area contributed by atoms with Gasteiger partial charge in [-0.25, -0.2) is 8.42 Å². The SMILES string of the molecule is O=C(CSc1ccc([N+](=O)[O-])cc1)Nc1cccc(S(=O)(=O)Nc2ccccc2Cl)c1. The molecule has 3 rings (SSSR count). The molecule has 31 heavy (non-hydrogen) atoms.